The van der Waals surface area contributed by atoms with Crippen LogP contribution in [0.5, 0.6) is 0 Å². The first-order chi connectivity index (χ1) is 8.19. The van der Waals surface area contributed by atoms with Crippen molar-refractivity contribution in [1.82, 2.24) is 5.32 Å². The van der Waals surface area contributed by atoms with Crippen LogP contribution in [0.3, 0.4) is 0 Å². The van der Waals surface area contributed by atoms with Crippen LogP contribution in [0, 0.1) is 5.82 Å². The van der Waals surface area contributed by atoms with Crippen LogP contribution < -0.4 is 5.32 Å². The lowest BCUT2D eigenvalue weighted by Crippen LogP contribution is -2.18. The summed E-state index contributed by atoms with van der Waals surface area (Å²) in [5.41, 5.74) is 2.39. The van der Waals surface area contributed by atoms with Crippen molar-refractivity contribution < 1.29 is 4.39 Å². The number of likely N-dealkylation sites (N-methyl/N-ethyl adjacent to an activating group) is 1. The number of hydrogen-bond acceptors (Lipinski definition) is 2. The van der Waals surface area contributed by atoms with Gasteiger partial charge in [-0.25, -0.2) is 4.39 Å². The fraction of sp³-hybridized carbons (Fsp3) is 0.231. The molecule has 2 rings (SSSR count). The van der Waals surface area contributed by atoms with E-state index < -0.39 is 0 Å². The normalized spacial score (nSPS) is 12.6. The average molecular weight is 314 g/mol. The summed E-state index contributed by atoms with van der Waals surface area (Å²) in [5, 5.41) is 5.42. The highest BCUT2D eigenvalue weighted by Gasteiger charge is 2.11. The summed E-state index contributed by atoms with van der Waals surface area (Å²) >= 11 is 5.14. The molecule has 90 valence electrons. The number of benzene rings is 1. The molecule has 0 amide bonds. The summed E-state index contributed by atoms with van der Waals surface area (Å²) in [5.74, 6) is -0.187. The predicted octanol–water partition coefficient (Wildman–Crippen LogP) is 4.15. The third kappa shape index (κ3) is 3.37. The summed E-state index contributed by atoms with van der Waals surface area (Å²) < 4.78 is 13.9. The van der Waals surface area contributed by atoms with Crippen LogP contribution in [0.15, 0.2) is 39.5 Å². The molecular formula is C13H13BrFNS. The van der Waals surface area contributed by atoms with Crippen LogP contribution in [-0.4, -0.2) is 7.05 Å². The molecule has 1 N–H and O–H groups in total. The molecule has 1 atom stereocenters. The zero-order chi connectivity index (χ0) is 12.3. The van der Waals surface area contributed by atoms with E-state index in [1.54, 1.807) is 11.3 Å². The van der Waals surface area contributed by atoms with Gasteiger partial charge in [-0.2, -0.15) is 0 Å². The first-order valence-corrected chi connectivity index (χ1v) is 7.02. The number of nitrogens with one attached hydrogen (secondary N) is 1. The monoisotopic (exact) mass is 313 g/mol. The van der Waals surface area contributed by atoms with Gasteiger partial charge in [-0.15, -0.1) is 11.3 Å². The molecule has 1 heterocycles. The summed E-state index contributed by atoms with van der Waals surface area (Å²) in [4.78, 5) is 0. The Labute approximate surface area is 113 Å². The van der Waals surface area contributed by atoms with E-state index in [4.69, 9.17) is 0 Å². The Bertz CT molecular complexity index is 480. The van der Waals surface area contributed by atoms with E-state index in [-0.39, 0.29) is 11.9 Å². The number of rotatable bonds is 4. The second-order valence-corrected chi connectivity index (χ2v) is 6.15. The number of hydrogen-bond donors (Lipinski definition) is 1. The van der Waals surface area contributed by atoms with Gasteiger partial charge in [0, 0.05) is 6.04 Å². The molecule has 0 aliphatic carbocycles. The molecule has 0 saturated heterocycles. The van der Waals surface area contributed by atoms with Crippen molar-refractivity contribution in [2.24, 2.45) is 0 Å². The quantitative estimate of drug-likeness (QED) is 0.894. The topological polar surface area (TPSA) is 12.0 Å². The molecule has 1 nitrogen and oxygen atoms in total. The van der Waals surface area contributed by atoms with Crippen molar-refractivity contribution in [2.75, 3.05) is 7.05 Å². The molecule has 4 heteroatoms. The molecule has 0 radical (unpaired) electrons. The smallest absolute Gasteiger partial charge is 0.123 e. The third-order valence-corrected chi connectivity index (χ3v) is 4.21. The maximum atomic E-state index is 12.8. The zero-order valence-electron chi connectivity index (χ0n) is 9.41. The SMILES string of the molecule is CNC(Cc1ccc(F)cc1)c1csc(Br)c1. The molecule has 1 aromatic heterocycles. The molecule has 0 spiro atoms. The van der Waals surface area contributed by atoms with E-state index in [1.807, 2.05) is 19.2 Å². The Morgan fingerprint density at radius 2 is 2.06 bits per heavy atom. The van der Waals surface area contributed by atoms with Gasteiger partial charge in [-0.1, -0.05) is 12.1 Å². The highest BCUT2D eigenvalue weighted by molar-refractivity contribution is 9.11. The van der Waals surface area contributed by atoms with Crippen LogP contribution in [0.1, 0.15) is 17.2 Å². The van der Waals surface area contributed by atoms with Gasteiger partial charge in [0.25, 0.3) is 0 Å². The number of halogens is 2. The minimum atomic E-state index is -0.187. The van der Waals surface area contributed by atoms with Gasteiger partial charge in [-0.3, -0.25) is 0 Å². The highest BCUT2D eigenvalue weighted by Crippen LogP contribution is 2.27. The lowest BCUT2D eigenvalue weighted by atomic mass is 10.0. The van der Waals surface area contributed by atoms with Crippen molar-refractivity contribution in [3.8, 4) is 0 Å². The maximum absolute atomic E-state index is 12.8. The van der Waals surface area contributed by atoms with E-state index in [0.29, 0.717) is 0 Å². The minimum absolute atomic E-state index is 0.187. The van der Waals surface area contributed by atoms with Gasteiger partial charge >= 0.3 is 0 Å². The average Bonchev–Trinajstić information content (AvgIpc) is 2.75. The van der Waals surface area contributed by atoms with Crippen molar-refractivity contribution in [1.29, 1.82) is 0 Å². The summed E-state index contributed by atoms with van der Waals surface area (Å²) in [6.07, 6.45) is 0.861. The van der Waals surface area contributed by atoms with E-state index in [0.717, 1.165) is 15.8 Å². The predicted molar refractivity (Wildman–Crippen MR) is 73.9 cm³/mol. The van der Waals surface area contributed by atoms with Crippen LogP contribution in [0.2, 0.25) is 0 Å². The molecule has 1 aromatic carbocycles. The molecule has 0 bridgehead atoms. The molecule has 17 heavy (non-hydrogen) atoms. The summed E-state index contributed by atoms with van der Waals surface area (Å²) in [6, 6.07) is 9.07. The van der Waals surface area contributed by atoms with Gasteiger partial charge in [-0.05, 0) is 64.1 Å². The van der Waals surface area contributed by atoms with Gasteiger partial charge in [0.1, 0.15) is 5.82 Å². The van der Waals surface area contributed by atoms with Crippen molar-refractivity contribution in [3.05, 3.63) is 56.4 Å². The van der Waals surface area contributed by atoms with Gasteiger partial charge in [0.2, 0.25) is 0 Å². The molecule has 1 unspecified atom stereocenters. The van der Waals surface area contributed by atoms with Crippen molar-refractivity contribution in [3.63, 3.8) is 0 Å². The molecule has 0 aliphatic heterocycles. The van der Waals surface area contributed by atoms with E-state index in [1.165, 1.54) is 17.7 Å². The van der Waals surface area contributed by atoms with E-state index >= 15 is 0 Å². The fourth-order valence-corrected chi connectivity index (χ4v) is 2.98. The molecule has 0 saturated carbocycles. The largest absolute Gasteiger partial charge is 0.313 e. The van der Waals surface area contributed by atoms with E-state index in [2.05, 4.69) is 32.7 Å². The summed E-state index contributed by atoms with van der Waals surface area (Å²) in [6.45, 7) is 0. The third-order valence-electron chi connectivity index (χ3n) is 2.69. The number of thiophene rings is 1. The minimum Gasteiger partial charge on any atom is -0.313 e. The molecule has 0 fully saturated rings. The van der Waals surface area contributed by atoms with E-state index in [9.17, 15) is 4.39 Å². The van der Waals surface area contributed by atoms with Gasteiger partial charge < -0.3 is 5.32 Å². The van der Waals surface area contributed by atoms with Gasteiger partial charge in [0.15, 0.2) is 0 Å². The van der Waals surface area contributed by atoms with Crippen molar-refractivity contribution in [2.45, 2.75) is 12.5 Å². The van der Waals surface area contributed by atoms with Crippen LogP contribution in [0.25, 0.3) is 0 Å². The second kappa shape index (κ2) is 5.76. The Morgan fingerprint density at radius 1 is 1.35 bits per heavy atom. The lowest BCUT2D eigenvalue weighted by molar-refractivity contribution is 0.590. The first-order valence-electron chi connectivity index (χ1n) is 5.34. The Hall–Kier alpha value is -0.710. The lowest BCUT2D eigenvalue weighted by Gasteiger charge is -2.14. The van der Waals surface area contributed by atoms with Crippen LogP contribution >= 0.6 is 27.3 Å². The van der Waals surface area contributed by atoms with Gasteiger partial charge in [0.05, 0.1) is 3.79 Å². The maximum Gasteiger partial charge on any atom is 0.123 e. The Morgan fingerprint density at radius 3 is 2.59 bits per heavy atom. The Balaban J connectivity index is 2.12. The highest BCUT2D eigenvalue weighted by atomic mass is 79.9. The summed E-state index contributed by atoms with van der Waals surface area (Å²) in [7, 11) is 1.94. The first kappa shape index (κ1) is 12.7. The molecular weight excluding hydrogens is 301 g/mol. The molecule has 0 aliphatic rings. The fourth-order valence-electron chi connectivity index (χ4n) is 1.75. The van der Waals surface area contributed by atoms with Crippen LogP contribution in [0.4, 0.5) is 4.39 Å². The van der Waals surface area contributed by atoms with Crippen molar-refractivity contribution >= 4 is 27.3 Å². The Kier molecular flexibility index (Phi) is 4.31. The van der Waals surface area contributed by atoms with Crippen LogP contribution in [-0.2, 0) is 6.42 Å². The second-order valence-electron chi connectivity index (χ2n) is 3.86. The standard InChI is InChI=1S/C13H13BrFNS/c1-16-12(10-7-13(14)17-8-10)6-9-2-4-11(15)5-3-9/h2-5,7-8,12,16H,6H2,1H3. The zero-order valence-corrected chi connectivity index (χ0v) is 11.8. The molecule has 2 aromatic rings.